The first-order valence-electron chi connectivity index (χ1n) is 5.85. The smallest absolute Gasteiger partial charge is 0.289 e. The highest BCUT2D eigenvalue weighted by molar-refractivity contribution is 6.30. The van der Waals surface area contributed by atoms with Crippen molar-refractivity contribution in [2.75, 3.05) is 0 Å². The Bertz CT molecular complexity index is 783. The van der Waals surface area contributed by atoms with Crippen LogP contribution in [0.2, 0.25) is 5.02 Å². The Balaban J connectivity index is 1.92. The van der Waals surface area contributed by atoms with Gasteiger partial charge in [-0.3, -0.25) is 10.1 Å². The summed E-state index contributed by atoms with van der Waals surface area (Å²) in [6, 6.07) is 8.84. The molecule has 3 rings (SSSR count). The maximum Gasteiger partial charge on any atom is 0.289 e. The predicted octanol–water partition coefficient (Wildman–Crippen LogP) is 3.11. The van der Waals surface area contributed by atoms with Crippen LogP contribution in [-0.2, 0) is 6.42 Å². The van der Waals surface area contributed by atoms with E-state index in [0.29, 0.717) is 28.4 Å². The minimum atomic E-state index is -0.486. The Labute approximate surface area is 118 Å². The van der Waals surface area contributed by atoms with E-state index in [1.807, 2.05) is 24.3 Å². The first kappa shape index (κ1) is 12.6. The fraction of sp³-hybridized carbons (Fsp3) is 0.0769. The normalized spacial score (nSPS) is 10.8. The molecule has 3 aromatic rings. The highest BCUT2D eigenvalue weighted by atomic mass is 35.5. The molecule has 0 fully saturated rings. The minimum absolute atomic E-state index is 0.0676. The van der Waals surface area contributed by atoms with Crippen LogP contribution in [0.25, 0.3) is 11.2 Å². The monoisotopic (exact) mass is 288 g/mol. The summed E-state index contributed by atoms with van der Waals surface area (Å²) in [7, 11) is 0. The van der Waals surface area contributed by atoms with Crippen molar-refractivity contribution in [1.82, 2.24) is 15.0 Å². The van der Waals surface area contributed by atoms with E-state index in [2.05, 4.69) is 15.0 Å². The summed E-state index contributed by atoms with van der Waals surface area (Å²) in [5.74, 6) is 0.704. The molecular formula is C13H9ClN4O2. The Morgan fingerprint density at radius 3 is 2.75 bits per heavy atom. The van der Waals surface area contributed by atoms with Gasteiger partial charge in [0.15, 0.2) is 5.65 Å². The molecule has 0 radical (unpaired) electrons. The van der Waals surface area contributed by atoms with Gasteiger partial charge in [0.1, 0.15) is 17.5 Å². The van der Waals surface area contributed by atoms with Crippen LogP contribution < -0.4 is 0 Å². The van der Waals surface area contributed by atoms with E-state index in [1.54, 1.807) is 0 Å². The molecule has 6 nitrogen and oxygen atoms in total. The number of pyridine rings is 1. The van der Waals surface area contributed by atoms with E-state index >= 15 is 0 Å². The molecule has 0 saturated carbocycles. The SMILES string of the molecule is O=[N+]([O-])c1cnc2[nH]c(Cc3ccc(Cl)cc3)nc2c1. The highest BCUT2D eigenvalue weighted by Gasteiger charge is 2.11. The number of H-pyrrole nitrogens is 1. The van der Waals surface area contributed by atoms with Crippen molar-refractivity contribution >= 4 is 28.5 Å². The quantitative estimate of drug-likeness (QED) is 0.593. The number of aromatic amines is 1. The maximum atomic E-state index is 10.7. The number of nitrogens with one attached hydrogen (secondary N) is 1. The predicted molar refractivity (Wildman–Crippen MR) is 74.8 cm³/mol. The summed E-state index contributed by atoms with van der Waals surface area (Å²) < 4.78 is 0. The third-order valence-electron chi connectivity index (χ3n) is 2.87. The molecule has 0 bridgehead atoms. The number of imidazole rings is 1. The Morgan fingerprint density at radius 2 is 2.05 bits per heavy atom. The summed E-state index contributed by atoms with van der Waals surface area (Å²) in [5.41, 5.74) is 2.01. The standard InChI is InChI=1S/C13H9ClN4O2/c14-9-3-1-8(2-4-9)5-12-16-11-6-10(18(19)20)7-15-13(11)17-12/h1-4,6-7H,5H2,(H,15,16,17). The molecule has 2 aromatic heterocycles. The first-order valence-corrected chi connectivity index (χ1v) is 6.23. The van der Waals surface area contributed by atoms with Crippen molar-refractivity contribution in [3.05, 3.63) is 63.1 Å². The number of aromatic nitrogens is 3. The van der Waals surface area contributed by atoms with Crippen LogP contribution in [0.4, 0.5) is 5.69 Å². The largest absolute Gasteiger partial charge is 0.326 e. The van der Waals surface area contributed by atoms with Crippen LogP contribution in [0.5, 0.6) is 0 Å². The molecule has 0 spiro atoms. The van der Waals surface area contributed by atoms with Gasteiger partial charge in [-0.25, -0.2) is 9.97 Å². The average molecular weight is 289 g/mol. The van der Waals surface area contributed by atoms with Crippen molar-refractivity contribution in [3.8, 4) is 0 Å². The van der Waals surface area contributed by atoms with Gasteiger partial charge in [-0.1, -0.05) is 23.7 Å². The van der Waals surface area contributed by atoms with Crippen molar-refractivity contribution in [1.29, 1.82) is 0 Å². The molecule has 1 N–H and O–H groups in total. The lowest BCUT2D eigenvalue weighted by Gasteiger charge is -1.97. The lowest BCUT2D eigenvalue weighted by molar-refractivity contribution is -0.385. The zero-order valence-electron chi connectivity index (χ0n) is 10.2. The van der Waals surface area contributed by atoms with Gasteiger partial charge in [0.25, 0.3) is 5.69 Å². The molecule has 20 heavy (non-hydrogen) atoms. The van der Waals surface area contributed by atoms with E-state index in [1.165, 1.54) is 12.3 Å². The topological polar surface area (TPSA) is 84.7 Å². The molecule has 0 aliphatic carbocycles. The van der Waals surface area contributed by atoms with E-state index in [-0.39, 0.29) is 5.69 Å². The zero-order valence-corrected chi connectivity index (χ0v) is 11.0. The molecule has 0 atom stereocenters. The van der Waals surface area contributed by atoms with Crippen LogP contribution in [0.3, 0.4) is 0 Å². The second kappa shape index (κ2) is 4.90. The van der Waals surface area contributed by atoms with Crippen LogP contribution in [0.15, 0.2) is 36.5 Å². The lowest BCUT2D eigenvalue weighted by Crippen LogP contribution is -1.89. The first-order chi connectivity index (χ1) is 9.61. The Morgan fingerprint density at radius 1 is 1.30 bits per heavy atom. The van der Waals surface area contributed by atoms with Crippen LogP contribution in [0, 0.1) is 10.1 Å². The summed E-state index contributed by atoms with van der Waals surface area (Å²) >= 11 is 5.83. The number of hydrogen-bond acceptors (Lipinski definition) is 4. The van der Waals surface area contributed by atoms with Gasteiger partial charge in [0.2, 0.25) is 0 Å². The van der Waals surface area contributed by atoms with Crippen LogP contribution in [-0.4, -0.2) is 19.9 Å². The number of rotatable bonds is 3. The highest BCUT2D eigenvalue weighted by Crippen LogP contribution is 2.18. The molecule has 0 unspecified atom stereocenters. The second-order valence-electron chi connectivity index (χ2n) is 4.31. The number of hydrogen-bond donors (Lipinski definition) is 1. The third-order valence-corrected chi connectivity index (χ3v) is 3.12. The Kier molecular flexibility index (Phi) is 3.08. The van der Waals surface area contributed by atoms with Gasteiger partial charge in [-0.15, -0.1) is 0 Å². The molecule has 0 aliphatic heterocycles. The van der Waals surface area contributed by atoms with Crippen molar-refractivity contribution in [2.24, 2.45) is 0 Å². The van der Waals surface area contributed by atoms with Crippen LogP contribution in [0.1, 0.15) is 11.4 Å². The van der Waals surface area contributed by atoms with E-state index in [0.717, 1.165) is 5.56 Å². The Hall–Kier alpha value is -2.47. The third kappa shape index (κ3) is 2.46. The number of nitro groups is 1. The van der Waals surface area contributed by atoms with Crippen LogP contribution >= 0.6 is 11.6 Å². The van der Waals surface area contributed by atoms with Gasteiger partial charge < -0.3 is 4.98 Å². The fourth-order valence-corrected chi connectivity index (χ4v) is 2.04. The number of nitrogens with zero attached hydrogens (tertiary/aromatic N) is 3. The molecule has 7 heteroatoms. The average Bonchev–Trinajstić information content (AvgIpc) is 2.82. The van der Waals surface area contributed by atoms with Gasteiger partial charge in [0, 0.05) is 17.5 Å². The molecule has 1 aromatic carbocycles. The second-order valence-corrected chi connectivity index (χ2v) is 4.74. The molecule has 0 amide bonds. The maximum absolute atomic E-state index is 10.7. The van der Waals surface area contributed by atoms with E-state index < -0.39 is 4.92 Å². The molecule has 0 aliphatic rings. The molecule has 100 valence electrons. The summed E-state index contributed by atoms with van der Waals surface area (Å²) in [5, 5.41) is 11.4. The summed E-state index contributed by atoms with van der Waals surface area (Å²) in [6.07, 6.45) is 1.80. The minimum Gasteiger partial charge on any atom is -0.326 e. The molecule has 0 saturated heterocycles. The van der Waals surface area contributed by atoms with Gasteiger partial charge in [-0.2, -0.15) is 0 Å². The summed E-state index contributed by atoms with van der Waals surface area (Å²) in [6.45, 7) is 0. The molecular weight excluding hydrogens is 280 g/mol. The van der Waals surface area contributed by atoms with Gasteiger partial charge in [-0.05, 0) is 17.7 Å². The zero-order chi connectivity index (χ0) is 14.1. The number of benzene rings is 1. The van der Waals surface area contributed by atoms with E-state index in [9.17, 15) is 10.1 Å². The van der Waals surface area contributed by atoms with Crippen molar-refractivity contribution in [2.45, 2.75) is 6.42 Å². The number of fused-ring (bicyclic) bond motifs is 1. The summed E-state index contributed by atoms with van der Waals surface area (Å²) in [4.78, 5) is 21.6. The number of halogens is 1. The van der Waals surface area contributed by atoms with Crippen molar-refractivity contribution in [3.63, 3.8) is 0 Å². The van der Waals surface area contributed by atoms with Gasteiger partial charge >= 0.3 is 0 Å². The van der Waals surface area contributed by atoms with Gasteiger partial charge in [0.05, 0.1) is 4.92 Å². The van der Waals surface area contributed by atoms with Crippen molar-refractivity contribution < 1.29 is 4.92 Å². The molecule has 2 heterocycles. The lowest BCUT2D eigenvalue weighted by atomic mass is 10.1. The fourth-order valence-electron chi connectivity index (χ4n) is 1.91. The van der Waals surface area contributed by atoms with E-state index in [4.69, 9.17) is 11.6 Å².